The van der Waals surface area contributed by atoms with Gasteiger partial charge in [-0.1, -0.05) is 24.1 Å². The van der Waals surface area contributed by atoms with E-state index < -0.39 is 0 Å². The van der Waals surface area contributed by atoms with Crippen molar-refractivity contribution < 1.29 is 9.53 Å². The fourth-order valence-corrected chi connectivity index (χ4v) is 4.19. The van der Waals surface area contributed by atoms with Crippen molar-refractivity contribution in [3.63, 3.8) is 0 Å². The van der Waals surface area contributed by atoms with E-state index in [9.17, 15) is 4.79 Å². The highest BCUT2D eigenvalue weighted by atomic mass is 16.5. The zero-order valence-corrected chi connectivity index (χ0v) is 19.0. The van der Waals surface area contributed by atoms with Crippen molar-refractivity contribution >= 4 is 22.8 Å². The van der Waals surface area contributed by atoms with E-state index in [1.165, 1.54) is 6.33 Å². The molecule has 0 bridgehead atoms. The summed E-state index contributed by atoms with van der Waals surface area (Å²) in [7, 11) is 1.79. The number of nitrogen functional groups attached to an aromatic ring is 1. The van der Waals surface area contributed by atoms with Crippen LogP contribution in [0.3, 0.4) is 0 Å². The first-order chi connectivity index (χ1) is 16.5. The number of hydrogen-bond acceptors (Lipinski definition) is 6. The molecule has 2 N–H and O–H groups in total. The smallest absolute Gasteiger partial charge is 0.298 e. The van der Waals surface area contributed by atoms with Crippen molar-refractivity contribution in [2.24, 2.45) is 0 Å². The van der Waals surface area contributed by atoms with E-state index in [0.29, 0.717) is 11.5 Å². The van der Waals surface area contributed by atoms with Gasteiger partial charge in [0.05, 0.1) is 11.4 Å². The van der Waals surface area contributed by atoms with Crippen LogP contribution in [-0.4, -0.2) is 43.6 Å². The molecule has 0 aliphatic heterocycles. The van der Waals surface area contributed by atoms with Crippen LogP contribution in [0.5, 0.6) is 11.5 Å². The average Bonchev–Trinajstić information content (AvgIpc) is 3.20. The van der Waals surface area contributed by atoms with Crippen LogP contribution in [0.1, 0.15) is 25.8 Å². The zero-order chi connectivity index (χ0) is 23.7. The summed E-state index contributed by atoms with van der Waals surface area (Å²) in [5.41, 5.74) is 8.56. The van der Waals surface area contributed by atoms with Gasteiger partial charge in [-0.25, -0.2) is 14.6 Å². The van der Waals surface area contributed by atoms with Gasteiger partial charge in [0.15, 0.2) is 5.65 Å². The first kappa shape index (κ1) is 21.5. The van der Waals surface area contributed by atoms with Gasteiger partial charge in [0.2, 0.25) is 0 Å². The Balaban J connectivity index is 1.42. The Labute approximate surface area is 197 Å². The number of nitrogens with two attached hydrogens (primary N) is 1. The average molecular weight is 453 g/mol. The molecule has 0 saturated heterocycles. The van der Waals surface area contributed by atoms with E-state index in [2.05, 4.69) is 21.8 Å². The number of carbonyl (C=O) groups is 1. The molecule has 5 rings (SSSR count). The molecular weight excluding hydrogens is 428 g/mol. The third-order valence-electron chi connectivity index (χ3n) is 6.16. The monoisotopic (exact) mass is 452 g/mol. The summed E-state index contributed by atoms with van der Waals surface area (Å²) in [5, 5.41) is 5.62. The second-order valence-corrected chi connectivity index (χ2v) is 8.26. The minimum atomic E-state index is -0.165. The Morgan fingerprint density at radius 1 is 1.09 bits per heavy atom. The number of aromatic nitrogens is 4. The molecule has 170 valence electrons. The molecule has 2 aromatic heterocycles. The lowest BCUT2D eigenvalue weighted by molar-refractivity contribution is -0.128. The Hall–Kier alpha value is -4.38. The van der Waals surface area contributed by atoms with Crippen molar-refractivity contribution in [3.8, 4) is 34.6 Å². The van der Waals surface area contributed by atoms with E-state index in [1.807, 2.05) is 59.3 Å². The molecule has 1 fully saturated rings. The number of anilines is 1. The molecule has 8 heteroatoms. The maximum atomic E-state index is 12.1. The Bertz CT molecular complexity index is 1400. The van der Waals surface area contributed by atoms with Crippen LogP contribution < -0.4 is 10.5 Å². The predicted octanol–water partition coefficient (Wildman–Crippen LogP) is 4.05. The summed E-state index contributed by atoms with van der Waals surface area (Å²) >= 11 is 0. The van der Waals surface area contributed by atoms with E-state index in [-0.39, 0.29) is 18.0 Å². The number of amides is 1. The number of nitrogens with zero attached hydrogens (tertiary/aromatic N) is 5. The first-order valence-electron chi connectivity index (χ1n) is 11.1. The molecule has 2 heterocycles. The highest BCUT2D eigenvalue weighted by Crippen LogP contribution is 2.40. The van der Waals surface area contributed by atoms with Gasteiger partial charge in [0.1, 0.15) is 29.3 Å². The molecule has 0 radical (unpaired) electrons. The summed E-state index contributed by atoms with van der Waals surface area (Å²) < 4.78 is 7.82. The summed E-state index contributed by atoms with van der Waals surface area (Å²) in [6, 6.07) is 17.6. The molecule has 34 heavy (non-hydrogen) atoms. The van der Waals surface area contributed by atoms with Gasteiger partial charge < -0.3 is 15.4 Å². The number of hydrogen-bond donors (Lipinski definition) is 1. The fraction of sp³-hybridized carbons (Fsp3) is 0.231. The lowest BCUT2D eigenvalue weighted by Crippen LogP contribution is -2.46. The lowest BCUT2D eigenvalue weighted by atomic mass is 9.85. The van der Waals surface area contributed by atoms with Crippen LogP contribution in [0.4, 0.5) is 5.82 Å². The van der Waals surface area contributed by atoms with Crippen LogP contribution in [0.15, 0.2) is 60.9 Å². The summed E-state index contributed by atoms with van der Waals surface area (Å²) in [6.07, 6.45) is 3.01. The van der Waals surface area contributed by atoms with E-state index in [1.54, 1.807) is 18.9 Å². The molecule has 0 spiro atoms. The fourth-order valence-electron chi connectivity index (χ4n) is 4.19. The Morgan fingerprint density at radius 3 is 2.50 bits per heavy atom. The third-order valence-corrected chi connectivity index (χ3v) is 6.16. The van der Waals surface area contributed by atoms with Crippen molar-refractivity contribution in [2.45, 2.75) is 31.8 Å². The SMILES string of the molecule is CC#CC(=O)N(C)C1CC(n2nc(-c3ccc(Oc4ccccc4)cc3)c3c(N)ncnc32)C1. The Kier molecular flexibility index (Phi) is 5.60. The highest BCUT2D eigenvalue weighted by Gasteiger charge is 2.37. The van der Waals surface area contributed by atoms with Crippen LogP contribution in [0.25, 0.3) is 22.3 Å². The van der Waals surface area contributed by atoms with Crippen LogP contribution in [-0.2, 0) is 4.79 Å². The number of fused-ring (bicyclic) bond motifs is 1. The molecule has 0 unspecified atom stereocenters. The molecule has 1 amide bonds. The van der Waals surface area contributed by atoms with Gasteiger partial charge in [-0.15, -0.1) is 0 Å². The van der Waals surface area contributed by atoms with Gasteiger partial charge in [0.25, 0.3) is 5.91 Å². The topological polar surface area (TPSA) is 99.2 Å². The molecule has 1 aliphatic carbocycles. The summed E-state index contributed by atoms with van der Waals surface area (Å²) in [4.78, 5) is 22.5. The predicted molar refractivity (Wildman–Crippen MR) is 130 cm³/mol. The number of para-hydroxylation sites is 1. The second kappa shape index (κ2) is 8.87. The van der Waals surface area contributed by atoms with Crippen molar-refractivity contribution in [1.82, 2.24) is 24.6 Å². The highest BCUT2D eigenvalue weighted by molar-refractivity contribution is 5.98. The molecule has 0 atom stereocenters. The number of rotatable bonds is 5. The molecule has 8 nitrogen and oxygen atoms in total. The standard InChI is InChI=1S/C26H24N6O2/c1-3-7-22(33)31(2)18-14-19(15-18)32-26-23(25(27)28-16-29-26)24(30-32)17-10-12-21(13-11-17)34-20-8-5-4-6-9-20/h4-6,8-13,16,18-19H,14-15H2,1-2H3,(H2,27,28,29). The van der Waals surface area contributed by atoms with Gasteiger partial charge in [-0.05, 0) is 62.1 Å². The largest absolute Gasteiger partial charge is 0.457 e. The number of benzene rings is 2. The maximum absolute atomic E-state index is 12.1. The minimum Gasteiger partial charge on any atom is -0.457 e. The van der Waals surface area contributed by atoms with Crippen LogP contribution in [0, 0.1) is 11.8 Å². The van der Waals surface area contributed by atoms with E-state index >= 15 is 0 Å². The zero-order valence-electron chi connectivity index (χ0n) is 19.0. The van der Waals surface area contributed by atoms with Gasteiger partial charge in [-0.2, -0.15) is 5.10 Å². The summed E-state index contributed by atoms with van der Waals surface area (Å²) in [6.45, 7) is 1.66. The van der Waals surface area contributed by atoms with Crippen molar-refractivity contribution in [3.05, 3.63) is 60.9 Å². The Morgan fingerprint density at radius 2 is 1.79 bits per heavy atom. The molecule has 1 saturated carbocycles. The molecule has 4 aromatic rings. The van der Waals surface area contributed by atoms with Crippen molar-refractivity contribution in [1.29, 1.82) is 0 Å². The van der Waals surface area contributed by atoms with Crippen LogP contribution >= 0.6 is 0 Å². The van der Waals surface area contributed by atoms with Gasteiger partial charge >= 0.3 is 0 Å². The number of ether oxygens (including phenoxy) is 1. The lowest BCUT2D eigenvalue weighted by Gasteiger charge is -2.40. The normalized spacial score (nSPS) is 16.9. The first-order valence-corrected chi connectivity index (χ1v) is 11.1. The van der Waals surface area contributed by atoms with Gasteiger partial charge in [0, 0.05) is 18.7 Å². The van der Waals surface area contributed by atoms with E-state index in [0.717, 1.165) is 41.0 Å². The number of carbonyl (C=O) groups excluding carboxylic acids is 1. The molecule has 1 aliphatic rings. The van der Waals surface area contributed by atoms with Crippen molar-refractivity contribution in [2.75, 3.05) is 12.8 Å². The maximum Gasteiger partial charge on any atom is 0.298 e. The third kappa shape index (κ3) is 3.92. The van der Waals surface area contributed by atoms with E-state index in [4.69, 9.17) is 15.6 Å². The second-order valence-electron chi connectivity index (χ2n) is 8.26. The summed E-state index contributed by atoms with van der Waals surface area (Å²) in [5.74, 6) is 6.99. The van der Waals surface area contributed by atoms with Gasteiger partial charge in [-0.3, -0.25) is 4.79 Å². The molecular formula is C26H24N6O2. The van der Waals surface area contributed by atoms with Crippen LogP contribution in [0.2, 0.25) is 0 Å². The quantitative estimate of drug-likeness (QED) is 0.459. The molecule has 2 aromatic carbocycles. The minimum absolute atomic E-state index is 0.112.